The number of ketones is 1. The number of carbonyl (C=O) groups excluding carboxylic acids is 1. The molecular formula is C16H20N2OS. The summed E-state index contributed by atoms with van der Waals surface area (Å²) in [6.45, 7) is 10.3. The molecule has 0 radical (unpaired) electrons. The third-order valence-electron chi connectivity index (χ3n) is 3.43. The van der Waals surface area contributed by atoms with Gasteiger partial charge in [-0.05, 0) is 42.1 Å². The highest BCUT2D eigenvalue weighted by Gasteiger charge is 2.26. The highest BCUT2D eigenvalue weighted by molar-refractivity contribution is 7.08. The van der Waals surface area contributed by atoms with Gasteiger partial charge in [0, 0.05) is 11.8 Å². The number of nitrogens with zero attached hydrogens (tertiary/aromatic N) is 2. The van der Waals surface area contributed by atoms with Gasteiger partial charge in [0.15, 0.2) is 5.78 Å². The van der Waals surface area contributed by atoms with Crippen LogP contribution in [0.2, 0.25) is 0 Å². The van der Waals surface area contributed by atoms with Gasteiger partial charge in [0.05, 0.1) is 5.69 Å². The summed E-state index contributed by atoms with van der Waals surface area (Å²) in [6, 6.07) is 6.11. The van der Waals surface area contributed by atoms with Crippen molar-refractivity contribution < 1.29 is 4.79 Å². The van der Waals surface area contributed by atoms with Crippen LogP contribution in [0.15, 0.2) is 18.2 Å². The van der Waals surface area contributed by atoms with E-state index in [9.17, 15) is 4.79 Å². The maximum absolute atomic E-state index is 12.6. The van der Waals surface area contributed by atoms with E-state index in [1.54, 1.807) is 0 Å². The molecule has 0 bridgehead atoms. The van der Waals surface area contributed by atoms with Crippen molar-refractivity contribution in [2.45, 2.75) is 46.5 Å². The second kappa shape index (κ2) is 5.44. The molecule has 1 heterocycles. The quantitative estimate of drug-likeness (QED) is 0.805. The maximum Gasteiger partial charge on any atom is 0.180 e. The van der Waals surface area contributed by atoms with Crippen LogP contribution in [0.1, 0.15) is 52.8 Å². The SMILES string of the molecule is Cc1cccc(C)c1CC(=O)c1snnc1C(C)(C)C. The summed E-state index contributed by atoms with van der Waals surface area (Å²) in [7, 11) is 0. The van der Waals surface area contributed by atoms with E-state index >= 15 is 0 Å². The fourth-order valence-electron chi connectivity index (χ4n) is 2.23. The van der Waals surface area contributed by atoms with E-state index in [1.807, 2.05) is 32.0 Å². The largest absolute Gasteiger partial charge is 0.293 e. The van der Waals surface area contributed by atoms with Crippen LogP contribution in [0, 0.1) is 13.8 Å². The summed E-state index contributed by atoms with van der Waals surface area (Å²) in [5.41, 5.74) is 4.09. The van der Waals surface area contributed by atoms with Crippen molar-refractivity contribution in [2.75, 3.05) is 0 Å². The highest BCUT2D eigenvalue weighted by Crippen LogP contribution is 2.27. The number of hydrogen-bond acceptors (Lipinski definition) is 4. The molecule has 0 fully saturated rings. The van der Waals surface area contributed by atoms with Crippen LogP contribution in [0.25, 0.3) is 0 Å². The van der Waals surface area contributed by atoms with Gasteiger partial charge < -0.3 is 0 Å². The smallest absolute Gasteiger partial charge is 0.180 e. The Kier molecular flexibility index (Phi) is 4.04. The first-order valence-electron chi connectivity index (χ1n) is 6.72. The summed E-state index contributed by atoms with van der Waals surface area (Å²) in [6.07, 6.45) is 0.422. The fourth-order valence-corrected chi connectivity index (χ4v) is 3.04. The molecule has 0 atom stereocenters. The Bertz CT molecular complexity index is 618. The van der Waals surface area contributed by atoms with Gasteiger partial charge in [-0.2, -0.15) is 0 Å². The molecule has 2 aromatic rings. The molecule has 106 valence electrons. The van der Waals surface area contributed by atoms with Gasteiger partial charge in [0.2, 0.25) is 0 Å². The van der Waals surface area contributed by atoms with E-state index in [-0.39, 0.29) is 11.2 Å². The number of aryl methyl sites for hydroxylation is 2. The molecule has 0 N–H and O–H groups in total. The van der Waals surface area contributed by atoms with E-state index in [0.717, 1.165) is 22.4 Å². The zero-order valence-corrected chi connectivity index (χ0v) is 13.5. The molecule has 0 amide bonds. The van der Waals surface area contributed by atoms with Crippen molar-refractivity contribution in [2.24, 2.45) is 0 Å². The minimum absolute atomic E-state index is 0.113. The van der Waals surface area contributed by atoms with E-state index in [0.29, 0.717) is 11.3 Å². The average Bonchev–Trinajstić information content (AvgIpc) is 2.82. The molecule has 3 nitrogen and oxygen atoms in total. The number of rotatable bonds is 3. The summed E-state index contributed by atoms with van der Waals surface area (Å²) in [4.78, 5) is 13.3. The third-order valence-corrected chi connectivity index (χ3v) is 4.20. The Balaban J connectivity index is 2.32. The molecule has 0 aliphatic rings. The van der Waals surface area contributed by atoms with E-state index in [2.05, 4.69) is 30.4 Å². The van der Waals surface area contributed by atoms with Gasteiger partial charge in [0.1, 0.15) is 4.88 Å². The van der Waals surface area contributed by atoms with Crippen LogP contribution < -0.4 is 0 Å². The standard InChI is InChI=1S/C16H20N2OS/c1-10-7-6-8-11(2)12(10)9-13(19)14-15(16(3,4)5)17-18-20-14/h6-8H,9H2,1-5H3. The predicted octanol–water partition coefficient (Wildman–Crippen LogP) is 3.88. The van der Waals surface area contributed by atoms with Crippen LogP contribution in [-0.2, 0) is 11.8 Å². The summed E-state index contributed by atoms with van der Waals surface area (Å²) < 4.78 is 3.97. The molecule has 1 aromatic heterocycles. The Morgan fingerprint density at radius 1 is 1.20 bits per heavy atom. The van der Waals surface area contributed by atoms with Gasteiger partial charge in [-0.1, -0.05) is 43.5 Å². The molecule has 4 heteroatoms. The lowest BCUT2D eigenvalue weighted by Gasteiger charge is -2.16. The Labute approximate surface area is 124 Å². The molecule has 0 saturated heterocycles. The summed E-state index contributed by atoms with van der Waals surface area (Å²) in [5.74, 6) is 0.113. The van der Waals surface area contributed by atoms with Crippen LogP contribution >= 0.6 is 11.5 Å². The summed E-state index contributed by atoms with van der Waals surface area (Å²) in [5, 5.41) is 4.14. The minimum atomic E-state index is -0.154. The highest BCUT2D eigenvalue weighted by atomic mass is 32.1. The zero-order chi connectivity index (χ0) is 14.9. The Hall–Kier alpha value is -1.55. The Morgan fingerprint density at radius 2 is 1.80 bits per heavy atom. The monoisotopic (exact) mass is 288 g/mol. The molecule has 0 aliphatic heterocycles. The third kappa shape index (κ3) is 2.96. The lowest BCUT2D eigenvalue weighted by molar-refractivity contribution is 0.0994. The molecular weight excluding hydrogens is 268 g/mol. The average molecular weight is 288 g/mol. The number of aromatic nitrogens is 2. The van der Waals surface area contributed by atoms with Crippen molar-refractivity contribution in [3.8, 4) is 0 Å². The van der Waals surface area contributed by atoms with E-state index in [4.69, 9.17) is 0 Å². The second-order valence-corrected chi connectivity index (χ2v) is 6.93. The maximum atomic E-state index is 12.6. The van der Waals surface area contributed by atoms with Crippen LogP contribution in [-0.4, -0.2) is 15.4 Å². The molecule has 0 saturated carbocycles. The van der Waals surface area contributed by atoms with Crippen LogP contribution in [0.4, 0.5) is 0 Å². The van der Waals surface area contributed by atoms with Crippen molar-refractivity contribution in [3.05, 3.63) is 45.5 Å². The zero-order valence-electron chi connectivity index (χ0n) is 12.7. The molecule has 0 spiro atoms. The first-order valence-corrected chi connectivity index (χ1v) is 7.49. The topological polar surface area (TPSA) is 42.9 Å². The van der Waals surface area contributed by atoms with Crippen LogP contribution in [0.5, 0.6) is 0 Å². The lowest BCUT2D eigenvalue weighted by atomic mass is 9.89. The fraction of sp³-hybridized carbons (Fsp3) is 0.438. The predicted molar refractivity (Wildman–Crippen MR) is 82.6 cm³/mol. The van der Waals surface area contributed by atoms with Crippen molar-refractivity contribution >= 4 is 17.3 Å². The number of Topliss-reactive ketones (excluding diaryl/α,β-unsaturated/α-hetero) is 1. The minimum Gasteiger partial charge on any atom is -0.293 e. The van der Waals surface area contributed by atoms with Gasteiger partial charge >= 0.3 is 0 Å². The molecule has 2 rings (SSSR count). The normalized spacial score (nSPS) is 11.7. The van der Waals surface area contributed by atoms with Gasteiger partial charge in [-0.15, -0.1) is 5.10 Å². The first kappa shape index (κ1) is 14.9. The molecule has 20 heavy (non-hydrogen) atoms. The van der Waals surface area contributed by atoms with Gasteiger partial charge in [-0.25, -0.2) is 0 Å². The lowest BCUT2D eigenvalue weighted by Crippen LogP contribution is -2.17. The summed E-state index contributed by atoms with van der Waals surface area (Å²) >= 11 is 1.20. The van der Waals surface area contributed by atoms with Gasteiger partial charge in [-0.3, -0.25) is 4.79 Å². The Morgan fingerprint density at radius 3 is 2.35 bits per heavy atom. The second-order valence-electron chi connectivity index (χ2n) is 6.17. The molecule has 0 aliphatic carbocycles. The molecule has 0 unspecified atom stereocenters. The first-order chi connectivity index (χ1) is 9.30. The van der Waals surface area contributed by atoms with Crippen molar-refractivity contribution in [1.29, 1.82) is 0 Å². The van der Waals surface area contributed by atoms with Crippen molar-refractivity contribution in [1.82, 2.24) is 9.59 Å². The number of benzene rings is 1. The van der Waals surface area contributed by atoms with Gasteiger partial charge in [0.25, 0.3) is 0 Å². The van der Waals surface area contributed by atoms with E-state index < -0.39 is 0 Å². The number of hydrogen-bond donors (Lipinski definition) is 0. The van der Waals surface area contributed by atoms with E-state index in [1.165, 1.54) is 11.5 Å². The molecule has 1 aromatic carbocycles. The number of carbonyl (C=O) groups is 1. The van der Waals surface area contributed by atoms with Crippen molar-refractivity contribution in [3.63, 3.8) is 0 Å². The van der Waals surface area contributed by atoms with Crippen LogP contribution in [0.3, 0.4) is 0 Å².